The fourth-order valence-electron chi connectivity index (χ4n) is 1.31. The first-order valence-corrected chi connectivity index (χ1v) is 4.67. The summed E-state index contributed by atoms with van der Waals surface area (Å²) in [6, 6.07) is 7.03. The summed E-state index contributed by atoms with van der Waals surface area (Å²) in [6.07, 6.45) is 0.770. The molecule has 0 spiro atoms. The normalized spacial score (nSPS) is 12.4. The summed E-state index contributed by atoms with van der Waals surface area (Å²) in [5.41, 5.74) is 2.09. The van der Waals surface area contributed by atoms with Gasteiger partial charge in [-0.3, -0.25) is 0 Å². The lowest BCUT2D eigenvalue weighted by Gasteiger charge is -2.13. The molecule has 0 bridgehead atoms. The van der Waals surface area contributed by atoms with Crippen molar-refractivity contribution < 1.29 is 10.2 Å². The number of aliphatic hydroxyl groups is 1. The van der Waals surface area contributed by atoms with Crippen LogP contribution in [0.2, 0.25) is 0 Å². The quantitative estimate of drug-likeness (QED) is 0.717. The molecular formula is C12H16O2. The Balaban J connectivity index is 2.67. The first-order chi connectivity index (χ1) is 6.63. The fraction of sp³-hybridized carbons (Fsp3) is 0.333. The molecule has 2 nitrogen and oxygen atoms in total. The first kappa shape index (κ1) is 10.8. The maximum Gasteiger partial charge on any atom is 0.115 e. The van der Waals surface area contributed by atoms with Gasteiger partial charge in [0.1, 0.15) is 5.75 Å². The van der Waals surface area contributed by atoms with Gasteiger partial charge in [0.05, 0.1) is 0 Å². The van der Waals surface area contributed by atoms with Gasteiger partial charge in [0, 0.05) is 12.5 Å². The minimum Gasteiger partial charge on any atom is -0.508 e. The number of aromatic hydroxyl groups is 1. The Morgan fingerprint density at radius 2 is 1.93 bits per heavy atom. The number of phenolic OH excluding ortho intramolecular Hbond substituents is 1. The number of aliphatic hydroxyl groups excluding tert-OH is 1. The van der Waals surface area contributed by atoms with E-state index in [1.807, 2.05) is 19.1 Å². The van der Waals surface area contributed by atoms with Crippen molar-refractivity contribution in [3.8, 4) is 5.75 Å². The highest BCUT2D eigenvalue weighted by Crippen LogP contribution is 2.17. The van der Waals surface area contributed by atoms with Gasteiger partial charge in [0.25, 0.3) is 0 Å². The number of rotatable bonds is 4. The van der Waals surface area contributed by atoms with Crippen LogP contribution in [-0.2, 0) is 6.42 Å². The van der Waals surface area contributed by atoms with Crippen molar-refractivity contribution in [2.75, 3.05) is 6.61 Å². The highest BCUT2D eigenvalue weighted by Gasteiger charge is 2.08. The number of hydrogen-bond acceptors (Lipinski definition) is 2. The van der Waals surface area contributed by atoms with Crippen LogP contribution < -0.4 is 0 Å². The maximum absolute atomic E-state index is 9.10. The third-order valence-corrected chi connectivity index (χ3v) is 2.34. The summed E-state index contributed by atoms with van der Waals surface area (Å²) >= 11 is 0. The van der Waals surface area contributed by atoms with Crippen LogP contribution in [-0.4, -0.2) is 16.8 Å². The molecule has 0 amide bonds. The third kappa shape index (κ3) is 2.89. The van der Waals surface area contributed by atoms with E-state index in [1.165, 1.54) is 0 Å². The maximum atomic E-state index is 9.10. The van der Waals surface area contributed by atoms with E-state index in [0.29, 0.717) is 0 Å². The van der Waals surface area contributed by atoms with E-state index in [-0.39, 0.29) is 18.3 Å². The molecule has 0 unspecified atom stereocenters. The van der Waals surface area contributed by atoms with Crippen molar-refractivity contribution in [1.29, 1.82) is 0 Å². The Morgan fingerprint density at radius 3 is 2.36 bits per heavy atom. The van der Waals surface area contributed by atoms with Crippen molar-refractivity contribution in [2.24, 2.45) is 5.92 Å². The van der Waals surface area contributed by atoms with E-state index >= 15 is 0 Å². The predicted octanol–water partition coefficient (Wildman–Crippen LogP) is 2.12. The molecule has 0 saturated carbocycles. The van der Waals surface area contributed by atoms with Crippen molar-refractivity contribution >= 4 is 0 Å². The van der Waals surface area contributed by atoms with Gasteiger partial charge in [-0.1, -0.05) is 24.3 Å². The van der Waals surface area contributed by atoms with E-state index in [0.717, 1.165) is 17.6 Å². The van der Waals surface area contributed by atoms with E-state index in [4.69, 9.17) is 10.2 Å². The highest BCUT2D eigenvalue weighted by atomic mass is 16.3. The average Bonchev–Trinajstić information content (AvgIpc) is 2.16. The topological polar surface area (TPSA) is 40.5 Å². The lowest BCUT2D eigenvalue weighted by molar-refractivity contribution is 0.246. The van der Waals surface area contributed by atoms with Gasteiger partial charge in [-0.25, -0.2) is 0 Å². The molecule has 0 aromatic heterocycles. The molecule has 1 aromatic carbocycles. The van der Waals surface area contributed by atoms with Crippen LogP contribution >= 0.6 is 0 Å². The number of benzene rings is 1. The van der Waals surface area contributed by atoms with Gasteiger partial charge in [0.2, 0.25) is 0 Å². The van der Waals surface area contributed by atoms with Gasteiger partial charge in [-0.05, 0) is 31.0 Å². The zero-order valence-corrected chi connectivity index (χ0v) is 8.40. The summed E-state index contributed by atoms with van der Waals surface area (Å²) in [5, 5.41) is 18.2. The van der Waals surface area contributed by atoms with Crippen LogP contribution in [0.4, 0.5) is 0 Å². The van der Waals surface area contributed by atoms with Gasteiger partial charge in [0.15, 0.2) is 0 Å². The predicted molar refractivity (Wildman–Crippen MR) is 57.2 cm³/mol. The minimum absolute atomic E-state index is 0.111. The summed E-state index contributed by atoms with van der Waals surface area (Å²) in [4.78, 5) is 0. The third-order valence-electron chi connectivity index (χ3n) is 2.34. The number of phenols is 1. The second kappa shape index (κ2) is 4.82. The van der Waals surface area contributed by atoms with E-state index in [2.05, 4.69) is 6.58 Å². The molecule has 0 aliphatic rings. The fourth-order valence-corrected chi connectivity index (χ4v) is 1.31. The molecule has 1 atom stereocenters. The van der Waals surface area contributed by atoms with Gasteiger partial charge >= 0.3 is 0 Å². The Hall–Kier alpha value is -1.28. The van der Waals surface area contributed by atoms with E-state index < -0.39 is 0 Å². The molecule has 14 heavy (non-hydrogen) atoms. The van der Waals surface area contributed by atoms with Crippen molar-refractivity contribution in [1.82, 2.24) is 0 Å². The lowest BCUT2D eigenvalue weighted by atomic mass is 9.94. The van der Waals surface area contributed by atoms with Crippen LogP contribution in [0.15, 0.2) is 36.4 Å². The van der Waals surface area contributed by atoms with E-state index in [1.54, 1.807) is 12.1 Å². The smallest absolute Gasteiger partial charge is 0.115 e. The molecule has 1 rings (SSSR count). The second-order valence-corrected chi connectivity index (χ2v) is 3.60. The van der Waals surface area contributed by atoms with Crippen molar-refractivity contribution in [3.63, 3.8) is 0 Å². The summed E-state index contributed by atoms with van der Waals surface area (Å²) in [5.74, 6) is 0.379. The molecule has 1 aromatic rings. The average molecular weight is 192 g/mol. The van der Waals surface area contributed by atoms with Crippen LogP contribution in [0.1, 0.15) is 12.5 Å². The minimum atomic E-state index is 0.111. The first-order valence-electron chi connectivity index (χ1n) is 4.67. The van der Waals surface area contributed by atoms with Gasteiger partial charge in [-0.2, -0.15) is 0 Å². The van der Waals surface area contributed by atoms with Crippen LogP contribution in [0.25, 0.3) is 0 Å². The molecule has 0 fully saturated rings. The summed E-state index contributed by atoms with van der Waals surface area (Å²) < 4.78 is 0. The van der Waals surface area contributed by atoms with Crippen LogP contribution in [0.3, 0.4) is 0 Å². The van der Waals surface area contributed by atoms with Crippen molar-refractivity contribution in [3.05, 3.63) is 42.0 Å². The van der Waals surface area contributed by atoms with Crippen LogP contribution in [0.5, 0.6) is 5.75 Å². The van der Waals surface area contributed by atoms with E-state index in [9.17, 15) is 0 Å². The van der Waals surface area contributed by atoms with Gasteiger partial charge < -0.3 is 10.2 Å². The lowest BCUT2D eigenvalue weighted by Crippen LogP contribution is -2.10. The van der Waals surface area contributed by atoms with Gasteiger partial charge in [-0.15, -0.1) is 0 Å². The molecule has 0 aliphatic carbocycles. The molecule has 0 saturated heterocycles. The molecule has 76 valence electrons. The molecule has 2 N–H and O–H groups in total. The standard InChI is InChI=1S/C12H16O2/c1-9(2)11(8-13)7-10-3-5-12(14)6-4-10/h3-6,11,13-14H,1,7-8H2,2H3/t11-/m0/s1. The Kier molecular flexibility index (Phi) is 3.72. The molecular weight excluding hydrogens is 176 g/mol. The largest absolute Gasteiger partial charge is 0.508 e. The zero-order valence-electron chi connectivity index (χ0n) is 8.40. The number of hydrogen-bond donors (Lipinski definition) is 2. The molecule has 2 heteroatoms. The Labute approximate surface area is 84.5 Å². The summed E-state index contributed by atoms with van der Waals surface area (Å²) in [7, 11) is 0. The Morgan fingerprint density at radius 1 is 1.36 bits per heavy atom. The highest BCUT2D eigenvalue weighted by molar-refractivity contribution is 5.26. The molecule has 0 radical (unpaired) electrons. The molecule has 0 aliphatic heterocycles. The SMILES string of the molecule is C=C(C)[C@H](CO)Cc1ccc(O)cc1. The van der Waals surface area contributed by atoms with Crippen LogP contribution in [0, 0.1) is 5.92 Å². The van der Waals surface area contributed by atoms with Crippen molar-refractivity contribution in [2.45, 2.75) is 13.3 Å². The monoisotopic (exact) mass is 192 g/mol. The zero-order chi connectivity index (χ0) is 10.6. The molecule has 0 heterocycles. The summed E-state index contributed by atoms with van der Waals surface area (Å²) in [6.45, 7) is 5.87. The Bertz CT molecular complexity index is 301. The second-order valence-electron chi connectivity index (χ2n) is 3.60.